The Morgan fingerprint density at radius 2 is 1.95 bits per heavy atom. The van der Waals surface area contributed by atoms with E-state index in [4.69, 9.17) is 0 Å². The lowest BCUT2D eigenvalue weighted by atomic mass is 9.83. The number of aliphatic hydroxyl groups is 1. The predicted octanol–water partition coefficient (Wildman–Crippen LogP) is 1.86. The monoisotopic (exact) mass is 311 g/mol. The topological polar surface area (TPSA) is 83.5 Å². The quantitative estimate of drug-likeness (QED) is 0.813. The summed E-state index contributed by atoms with van der Waals surface area (Å²) in [5.41, 5.74) is -0.414. The molecule has 0 unspecified atom stereocenters. The van der Waals surface area contributed by atoms with E-state index in [1.54, 1.807) is 12.1 Å². The molecule has 5 nitrogen and oxygen atoms in total. The molecule has 0 spiro atoms. The van der Waals surface area contributed by atoms with Crippen LogP contribution in [0.1, 0.15) is 49.4 Å². The van der Waals surface area contributed by atoms with Gasteiger partial charge in [-0.15, -0.1) is 0 Å². The first-order chi connectivity index (χ1) is 9.88. The molecule has 0 atom stereocenters. The molecule has 1 aliphatic rings. The van der Waals surface area contributed by atoms with Crippen molar-refractivity contribution in [3.05, 3.63) is 29.8 Å². The fourth-order valence-electron chi connectivity index (χ4n) is 2.75. The molecule has 1 saturated carbocycles. The van der Waals surface area contributed by atoms with E-state index < -0.39 is 15.6 Å². The van der Waals surface area contributed by atoms with E-state index in [2.05, 4.69) is 4.72 Å². The molecule has 1 fully saturated rings. The molecule has 0 bridgehead atoms. The highest BCUT2D eigenvalue weighted by Crippen LogP contribution is 2.29. The molecule has 0 aromatic heterocycles. The highest BCUT2D eigenvalue weighted by molar-refractivity contribution is 7.89. The van der Waals surface area contributed by atoms with E-state index in [1.165, 1.54) is 19.1 Å². The molecule has 0 heterocycles. The van der Waals surface area contributed by atoms with Gasteiger partial charge in [-0.3, -0.25) is 4.79 Å². The van der Waals surface area contributed by atoms with Crippen LogP contribution in [0.4, 0.5) is 0 Å². The van der Waals surface area contributed by atoms with Gasteiger partial charge in [0.2, 0.25) is 10.0 Å². The van der Waals surface area contributed by atoms with Gasteiger partial charge in [0.15, 0.2) is 5.78 Å². The SMILES string of the molecule is CC(=O)c1cccc(S(=O)(=O)NC2(CO)CCCCC2)c1. The zero-order chi connectivity index (χ0) is 15.5. The Morgan fingerprint density at radius 1 is 1.29 bits per heavy atom. The zero-order valence-corrected chi connectivity index (χ0v) is 12.9. The minimum absolute atomic E-state index is 0.0635. The van der Waals surface area contributed by atoms with Crippen molar-refractivity contribution in [2.45, 2.75) is 49.5 Å². The maximum Gasteiger partial charge on any atom is 0.241 e. The second kappa shape index (κ2) is 6.25. The molecule has 0 aliphatic heterocycles. The van der Waals surface area contributed by atoms with Gasteiger partial charge in [0.1, 0.15) is 0 Å². The number of hydrogen-bond donors (Lipinski definition) is 2. The Labute approximate surface area is 125 Å². The summed E-state index contributed by atoms with van der Waals surface area (Å²) in [5, 5.41) is 9.61. The molecular formula is C15H21NO4S. The predicted molar refractivity (Wildman–Crippen MR) is 79.7 cm³/mol. The fraction of sp³-hybridized carbons (Fsp3) is 0.533. The maximum absolute atomic E-state index is 12.5. The molecule has 0 saturated heterocycles. The van der Waals surface area contributed by atoms with Gasteiger partial charge in [-0.25, -0.2) is 13.1 Å². The highest BCUT2D eigenvalue weighted by atomic mass is 32.2. The Bertz CT molecular complexity index is 618. The molecule has 0 amide bonds. The van der Waals surface area contributed by atoms with Crippen LogP contribution in [0.15, 0.2) is 29.2 Å². The van der Waals surface area contributed by atoms with Crippen molar-refractivity contribution in [3.8, 4) is 0 Å². The van der Waals surface area contributed by atoms with Gasteiger partial charge in [0.05, 0.1) is 17.0 Å². The molecule has 2 N–H and O–H groups in total. The van der Waals surface area contributed by atoms with Crippen molar-refractivity contribution in [1.82, 2.24) is 4.72 Å². The van der Waals surface area contributed by atoms with Crippen molar-refractivity contribution < 1.29 is 18.3 Å². The van der Waals surface area contributed by atoms with E-state index in [-0.39, 0.29) is 17.3 Å². The summed E-state index contributed by atoms with van der Waals surface area (Å²) in [4.78, 5) is 11.4. The average Bonchev–Trinajstić information content (AvgIpc) is 2.48. The van der Waals surface area contributed by atoms with Gasteiger partial charge in [0, 0.05) is 5.56 Å². The van der Waals surface area contributed by atoms with Gasteiger partial charge in [-0.2, -0.15) is 0 Å². The lowest BCUT2D eigenvalue weighted by molar-refractivity contribution is 0.101. The largest absolute Gasteiger partial charge is 0.394 e. The van der Waals surface area contributed by atoms with Crippen LogP contribution >= 0.6 is 0 Å². The Morgan fingerprint density at radius 3 is 2.52 bits per heavy atom. The third kappa shape index (κ3) is 3.70. The molecule has 1 aromatic rings. The number of ketones is 1. The first-order valence-electron chi connectivity index (χ1n) is 7.14. The summed E-state index contributed by atoms with van der Waals surface area (Å²) in [7, 11) is -3.75. The number of sulfonamides is 1. The second-order valence-corrected chi connectivity index (χ2v) is 7.37. The summed E-state index contributed by atoms with van der Waals surface area (Å²) >= 11 is 0. The van der Waals surface area contributed by atoms with E-state index in [9.17, 15) is 18.3 Å². The molecule has 2 rings (SSSR count). The van der Waals surface area contributed by atoms with Crippen molar-refractivity contribution in [1.29, 1.82) is 0 Å². The van der Waals surface area contributed by atoms with Crippen LogP contribution in [-0.4, -0.2) is 31.5 Å². The van der Waals surface area contributed by atoms with Crippen LogP contribution in [0.3, 0.4) is 0 Å². The Balaban J connectivity index is 2.29. The maximum atomic E-state index is 12.5. The van der Waals surface area contributed by atoms with Crippen LogP contribution in [0, 0.1) is 0 Å². The van der Waals surface area contributed by atoms with Crippen LogP contribution in [0.25, 0.3) is 0 Å². The number of benzene rings is 1. The molecular weight excluding hydrogens is 290 g/mol. The summed E-state index contributed by atoms with van der Waals surface area (Å²) < 4.78 is 27.7. The van der Waals surface area contributed by atoms with Gasteiger partial charge < -0.3 is 5.11 Å². The third-order valence-corrected chi connectivity index (χ3v) is 5.59. The first kappa shape index (κ1) is 16.1. The van der Waals surface area contributed by atoms with E-state index in [1.807, 2.05) is 0 Å². The van der Waals surface area contributed by atoms with Crippen LogP contribution in [-0.2, 0) is 10.0 Å². The minimum Gasteiger partial charge on any atom is -0.394 e. The molecule has 21 heavy (non-hydrogen) atoms. The summed E-state index contributed by atoms with van der Waals surface area (Å²) in [6, 6.07) is 5.98. The Kier molecular flexibility index (Phi) is 4.81. The normalized spacial score (nSPS) is 18.4. The number of rotatable bonds is 5. The molecule has 0 radical (unpaired) electrons. The van der Waals surface area contributed by atoms with Gasteiger partial charge >= 0.3 is 0 Å². The van der Waals surface area contributed by atoms with Gasteiger partial charge in [-0.05, 0) is 31.9 Å². The number of carbonyl (C=O) groups is 1. The highest BCUT2D eigenvalue weighted by Gasteiger charge is 2.36. The third-order valence-electron chi connectivity index (χ3n) is 4.02. The molecule has 1 aromatic carbocycles. The minimum atomic E-state index is -3.75. The van der Waals surface area contributed by atoms with Crippen LogP contribution in [0.5, 0.6) is 0 Å². The van der Waals surface area contributed by atoms with E-state index in [0.717, 1.165) is 19.3 Å². The van der Waals surface area contributed by atoms with E-state index >= 15 is 0 Å². The number of aliphatic hydroxyl groups excluding tert-OH is 1. The average molecular weight is 311 g/mol. The van der Waals surface area contributed by atoms with Crippen molar-refractivity contribution >= 4 is 15.8 Å². The number of carbonyl (C=O) groups excluding carboxylic acids is 1. The lowest BCUT2D eigenvalue weighted by Crippen LogP contribution is -2.52. The van der Waals surface area contributed by atoms with Crippen LogP contribution < -0.4 is 4.72 Å². The van der Waals surface area contributed by atoms with E-state index in [0.29, 0.717) is 18.4 Å². The van der Waals surface area contributed by atoms with Crippen molar-refractivity contribution in [2.75, 3.05) is 6.61 Å². The molecule has 6 heteroatoms. The van der Waals surface area contributed by atoms with Gasteiger partial charge in [0.25, 0.3) is 0 Å². The van der Waals surface area contributed by atoms with Crippen LogP contribution in [0.2, 0.25) is 0 Å². The number of nitrogens with one attached hydrogen (secondary N) is 1. The number of hydrogen-bond acceptors (Lipinski definition) is 4. The standard InChI is InChI=1S/C15H21NO4S/c1-12(18)13-6-5-7-14(10-13)21(19,20)16-15(11-17)8-3-2-4-9-15/h5-7,10,16-17H,2-4,8-9,11H2,1H3. The second-order valence-electron chi connectivity index (χ2n) is 5.69. The summed E-state index contributed by atoms with van der Waals surface area (Å²) in [6.07, 6.45) is 4.13. The van der Waals surface area contributed by atoms with Gasteiger partial charge in [-0.1, -0.05) is 31.4 Å². The number of Topliss-reactive ketones (excluding diaryl/α,β-unsaturated/α-hetero) is 1. The summed E-state index contributed by atoms with van der Waals surface area (Å²) in [6.45, 7) is 1.19. The smallest absolute Gasteiger partial charge is 0.241 e. The van der Waals surface area contributed by atoms with Crippen molar-refractivity contribution in [3.63, 3.8) is 0 Å². The van der Waals surface area contributed by atoms with Crippen molar-refractivity contribution in [2.24, 2.45) is 0 Å². The molecule has 116 valence electrons. The fourth-order valence-corrected chi connectivity index (χ4v) is 4.24. The molecule has 1 aliphatic carbocycles. The Hall–Kier alpha value is -1.24. The zero-order valence-electron chi connectivity index (χ0n) is 12.1. The summed E-state index contributed by atoms with van der Waals surface area (Å²) in [5.74, 6) is -0.179. The lowest BCUT2D eigenvalue weighted by Gasteiger charge is -2.36. The first-order valence-corrected chi connectivity index (χ1v) is 8.63.